The van der Waals surface area contributed by atoms with Crippen LogP contribution in [0.3, 0.4) is 0 Å². The molecule has 16 heteroatoms. The summed E-state index contributed by atoms with van der Waals surface area (Å²) in [5.41, 5.74) is 0. The minimum Gasteiger partial charge on any atom is -0.379 e. The van der Waals surface area contributed by atoms with Crippen LogP contribution in [0.5, 0.6) is 0 Å². The molecule has 1 fully saturated rings. The maximum atomic E-state index is 13.8. The predicted molar refractivity (Wildman–Crippen MR) is 84.7 cm³/mol. The molecule has 0 amide bonds. The van der Waals surface area contributed by atoms with Gasteiger partial charge in [0, 0.05) is 19.5 Å². The molecule has 0 aromatic rings. The Morgan fingerprint density at radius 3 is 1.52 bits per heavy atom. The smallest absolute Gasteiger partial charge is 0.379 e. The molecule has 0 bridgehead atoms. The summed E-state index contributed by atoms with van der Waals surface area (Å²) in [6.45, 7) is 4.67. The summed E-state index contributed by atoms with van der Waals surface area (Å²) in [6.07, 6.45) is -10.4. The van der Waals surface area contributed by atoms with Gasteiger partial charge < -0.3 is 9.30 Å². The van der Waals surface area contributed by atoms with E-state index in [4.69, 9.17) is 4.74 Å². The van der Waals surface area contributed by atoms with Gasteiger partial charge in [0.05, 0.1) is 13.2 Å². The Morgan fingerprint density at radius 1 is 0.677 bits per heavy atom. The topological polar surface area (TPSA) is 12.5 Å². The lowest BCUT2D eigenvalue weighted by atomic mass is 9.92. The van der Waals surface area contributed by atoms with Gasteiger partial charge in [0.1, 0.15) is 8.24 Å². The third-order valence-electron chi connectivity index (χ3n) is 5.14. The Labute approximate surface area is 169 Å². The van der Waals surface area contributed by atoms with E-state index in [2.05, 4.69) is 0 Å². The highest BCUT2D eigenvalue weighted by Gasteiger charge is 2.90. The van der Waals surface area contributed by atoms with Crippen LogP contribution in [0.4, 0.5) is 57.1 Å². The fraction of sp³-hybridized carbons (Fsp3) is 1.00. The average molecular weight is 505 g/mol. The Balaban J connectivity index is 3.03. The van der Waals surface area contributed by atoms with Gasteiger partial charge in [0.2, 0.25) is 0 Å². The van der Waals surface area contributed by atoms with Crippen molar-refractivity contribution in [3.05, 3.63) is 0 Å². The second-order valence-corrected chi connectivity index (χ2v) is 12.5. The van der Waals surface area contributed by atoms with E-state index in [9.17, 15) is 57.1 Å². The second-order valence-electron chi connectivity index (χ2n) is 7.77. The van der Waals surface area contributed by atoms with Crippen LogP contribution in [-0.4, -0.2) is 74.9 Å². The van der Waals surface area contributed by atoms with Crippen LogP contribution in [0.1, 0.15) is 12.8 Å². The Morgan fingerprint density at radius 2 is 1.10 bits per heavy atom. The van der Waals surface area contributed by atoms with Gasteiger partial charge in [-0.05, 0) is 12.5 Å². The number of nitrogens with zero attached hydrogens (tertiary/aromatic N) is 1. The predicted octanol–water partition coefficient (Wildman–Crippen LogP) is 6.04. The van der Waals surface area contributed by atoms with Crippen molar-refractivity contribution in [2.24, 2.45) is 0 Å². The molecule has 0 N–H and O–H groups in total. The maximum Gasteiger partial charge on any atom is 0.460 e. The zero-order valence-corrected chi connectivity index (χ0v) is 17.2. The highest BCUT2D eigenvalue weighted by atomic mass is 28.3. The summed E-state index contributed by atoms with van der Waals surface area (Å²) in [5.74, 6) is -36.4. The molecular formula is C15H20F13NOSi. The van der Waals surface area contributed by atoms with E-state index in [0.717, 1.165) is 0 Å². The molecule has 2 nitrogen and oxygen atoms in total. The van der Waals surface area contributed by atoms with Crippen LogP contribution >= 0.6 is 0 Å². The minimum absolute atomic E-state index is 0.181. The zero-order valence-electron chi connectivity index (χ0n) is 16.2. The molecule has 31 heavy (non-hydrogen) atoms. The van der Waals surface area contributed by atoms with E-state index < -0.39 is 56.9 Å². The van der Waals surface area contributed by atoms with Crippen molar-refractivity contribution in [3.63, 3.8) is 0 Å². The molecule has 0 spiro atoms. The summed E-state index contributed by atoms with van der Waals surface area (Å²) in [4.78, 5) is 0. The first kappa shape index (κ1) is 28.3. The molecule has 1 saturated heterocycles. The average Bonchev–Trinajstić information content (AvgIpc) is 2.60. The third kappa shape index (κ3) is 4.94. The molecule has 1 rings (SSSR count). The minimum atomic E-state index is -7.84. The van der Waals surface area contributed by atoms with Gasteiger partial charge in [0.15, 0.2) is 0 Å². The number of halogens is 13. The van der Waals surface area contributed by atoms with E-state index in [1.807, 2.05) is 4.57 Å². The molecule has 0 saturated carbocycles. The normalized spacial score (nSPS) is 19.1. The van der Waals surface area contributed by atoms with Crippen LogP contribution in [0.2, 0.25) is 19.1 Å². The number of ether oxygens (including phenoxy) is 1. The van der Waals surface area contributed by atoms with Crippen molar-refractivity contribution in [2.45, 2.75) is 67.8 Å². The first-order chi connectivity index (χ1) is 13.6. The van der Waals surface area contributed by atoms with Crippen molar-refractivity contribution in [2.75, 3.05) is 26.3 Å². The fourth-order valence-electron chi connectivity index (χ4n) is 3.03. The summed E-state index contributed by atoms with van der Waals surface area (Å²) in [6, 6.07) is -0.181. The van der Waals surface area contributed by atoms with Gasteiger partial charge >= 0.3 is 35.8 Å². The van der Waals surface area contributed by atoms with Gasteiger partial charge in [-0.3, -0.25) is 0 Å². The molecule has 0 atom stereocenters. The molecule has 0 aromatic heterocycles. The fourth-order valence-corrected chi connectivity index (χ4v) is 5.78. The summed E-state index contributed by atoms with van der Waals surface area (Å²) in [5, 5.41) is 0. The first-order valence-electron chi connectivity index (χ1n) is 8.85. The van der Waals surface area contributed by atoms with Crippen LogP contribution < -0.4 is 0 Å². The standard InChI is InChI=1S/C15H20F13NOSi/c1-31(2,29-5-7-30-8-6-29)9-3-4-10(16,17)11(18,19)12(20,21)13(22,23)14(24,25)15(26,27)28/h3-9H2,1-2H3. The molecule has 0 aromatic carbocycles. The quantitative estimate of drug-likeness (QED) is 0.280. The van der Waals surface area contributed by atoms with Crippen LogP contribution in [0.25, 0.3) is 0 Å². The third-order valence-corrected chi connectivity index (χ3v) is 8.88. The van der Waals surface area contributed by atoms with Crippen LogP contribution in [-0.2, 0) is 4.74 Å². The van der Waals surface area contributed by atoms with Crippen molar-refractivity contribution >= 4 is 8.24 Å². The number of rotatable bonds is 9. The lowest BCUT2D eigenvalue weighted by Gasteiger charge is -2.41. The van der Waals surface area contributed by atoms with E-state index in [1.54, 1.807) is 13.1 Å². The Kier molecular flexibility index (Phi) is 7.78. The van der Waals surface area contributed by atoms with E-state index >= 15 is 0 Å². The van der Waals surface area contributed by atoms with Crippen LogP contribution in [0.15, 0.2) is 0 Å². The summed E-state index contributed by atoms with van der Waals surface area (Å²) in [7, 11) is -2.53. The van der Waals surface area contributed by atoms with Gasteiger partial charge in [-0.25, -0.2) is 0 Å². The molecule has 1 aliphatic heterocycles. The Bertz CT molecular complexity index is 615. The van der Waals surface area contributed by atoms with Gasteiger partial charge in [-0.1, -0.05) is 13.1 Å². The number of alkyl halides is 13. The monoisotopic (exact) mass is 505 g/mol. The molecule has 1 heterocycles. The lowest BCUT2D eigenvalue weighted by molar-refractivity contribution is -0.440. The zero-order chi connectivity index (χ0) is 24.7. The van der Waals surface area contributed by atoms with Gasteiger partial charge in [0.25, 0.3) is 0 Å². The van der Waals surface area contributed by atoms with Crippen molar-refractivity contribution < 1.29 is 61.8 Å². The van der Waals surface area contributed by atoms with E-state index in [0.29, 0.717) is 26.3 Å². The number of hydrogen-bond donors (Lipinski definition) is 0. The van der Waals surface area contributed by atoms with E-state index in [1.165, 1.54) is 0 Å². The van der Waals surface area contributed by atoms with Gasteiger partial charge in [-0.2, -0.15) is 57.1 Å². The molecule has 0 unspecified atom stereocenters. The van der Waals surface area contributed by atoms with Gasteiger partial charge in [-0.15, -0.1) is 0 Å². The van der Waals surface area contributed by atoms with Crippen LogP contribution in [0, 0.1) is 0 Å². The number of morpholine rings is 1. The first-order valence-corrected chi connectivity index (χ1v) is 12.0. The molecular weight excluding hydrogens is 485 g/mol. The molecule has 186 valence electrons. The largest absolute Gasteiger partial charge is 0.460 e. The van der Waals surface area contributed by atoms with Crippen molar-refractivity contribution in [1.29, 1.82) is 0 Å². The SMILES string of the molecule is C[Si](C)(CCCC(F)(F)C(F)(F)C(F)(F)C(F)(F)C(F)(F)C(F)(F)F)N1CCOCC1. The highest BCUT2D eigenvalue weighted by molar-refractivity contribution is 6.74. The molecule has 1 aliphatic rings. The Hall–Kier alpha value is -0.773. The van der Waals surface area contributed by atoms with E-state index in [-0.39, 0.29) is 6.04 Å². The summed E-state index contributed by atoms with van der Waals surface area (Å²) < 4.78 is 177. The maximum absolute atomic E-state index is 13.8. The van der Waals surface area contributed by atoms with Crippen molar-refractivity contribution in [1.82, 2.24) is 4.57 Å². The molecule has 0 aliphatic carbocycles. The second kappa shape index (κ2) is 8.54. The van der Waals surface area contributed by atoms with Crippen molar-refractivity contribution in [3.8, 4) is 0 Å². The molecule has 0 radical (unpaired) electrons. The lowest BCUT2D eigenvalue weighted by Crippen LogP contribution is -2.70. The number of hydrogen-bond acceptors (Lipinski definition) is 2. The summed E-state index contributed by atoms with van der Waals surface area (Å²) >= 11 is 0. The highest BCUT2D eigenvalue weighted by Crippen LogP contribution is 2.60.